The van der Waals surface area contributed by atoms with Gasteiger partial charge in [0.05, 0.1) is 13.0 Å². The summed E-state index contributed by atoms with van der Waals surface area (Å²) >= 11 is 0. The molecule has 2 fully saturated rings. The zero-order chi connectivity index (χ0) is 18.4. The Morgan fingerprint density at radius 1 is 1.23 bits per heavy atom. The van der Waals surface area contributed by atoms with E-state index in [2.05, 4.69) is 45.5 Å². The van der Waals surface area contributed by atoms with Crippen molar-refractivity contribution in [3.8, 4) is 0 Å². The van der Waals surface area contributed by atoms with Crippen molar-refractivity contribution < 1.29 is 9.53 Å². The highest BCUT2D eigenvalue weighted by molar-refractivity contribution is 5.80. The number of hydrogen-bond donors (Lipinski definition) is 1. The highest BCUT2D eigenvalue weighted by Gasteiger charge is 2.36. The predicted octanol–water partition coefficient (Wildman–Crippen LogP) is 2.96. The van der Waals surface area contributed by atoms with E-state index in [1.54, 1.807) is 0 Å². The Balaban J connectivity index is 1.61. The smallest absolute Gasteiger partial charge is 0.308 e. The van der Waals surface area contributed by atoms with Crippen molar-refractivity contribution in [2.75, 3.05) is 33.8 Å². The molecule has 142 valence electrons. The lowest BCUT2D eigenvalue weighted by Gasteiger charge is -2.36. The number of guanidine groups is 1. The summed E-state index contributed by atoms with van der Waals surface area (Å²) in [6, 6.07) is 10.9. The number of ether oxygens (including phenoxy) is 1. The van der Waals surface area contributed by atoms with Crippen LogP contribution in [0.1, 0.15) is 44.1 Å². The molecule has 5 nitrogen and oxygen atoms in total. The number of hydrogen-bond acceptors (Lipinski definition) is 3. The Labute approximate surface area is 156 Å². The van der Waals surface area contributed by atoms with E-state index in [1.807, 2.05) is 7.05 Å². The SMILES string of the molecule is CN=C(NCC1(c2ccccc2)CCCC1)N1CCC(C(=O)OC)CC1. The first-order valence-electron chi connectivity index (χ1n) is 9.77. The summed E-state index contributed by atoms with van der Waals surface area (Å²) < 4.78 is 4.89. The van der Waals surface area contributed by atoms with Gasteiger partial charge in [-0.05, 0) is 31.2 Å². The van der Waals surface area contributed by atoms with Gasteiger partial charge in [0.2, 0.25) is 0 Å². The summed E-state index contributed by atoms with van der Waals surface area (Å²) in [5.74, 6) is 0.900. The maximum absolute atomic E-state index is 11.7. The van der Waals surface area contributed by atoms with Crippen LogP contribution in [0.15, 0.2) is 35.3 Å². The van der Waals surface area contributed by atoms with Gasteiger partial charge in [-0.15, -0.1) is 0 Å². The number of rotatable bonds is 4. The fourth-order valence-corrected chi connectivity index (χ4v) is 4.49. The van der Waals surface area contributed by atoms with Gasteiger partial charge in [-0.2, -0.15) is 0 Å². The van der Waals surface area contributed by atoms with E-state index in [9.17, 15) is 4.79 Å². The van der Waals surface area contributed by atoms with Gasteiger partial charge in [-0.3, -0.25) is 9.79 Å². The van der Waals surface area contributed by atoms with Crippen LogP contribution in [-0.4, -0.2) is 50.6 Å². The number of esters is 1. The molecule has 0 spiro atoms. The van der Waals surface area contributed by atoms with Crippen molar-refractivity contribution in [1.82, 2.24) is 10.2 Å². The molecule has 0 atom stereocenters. The Bertz CT molecular complexity index is 615. The molecule has 0 aromatic heterocycles. The molecular formula is C21H31N3O2. The second kappa shape index (κ2) is 8.56. The van der Waals surface area contributed by atoms with Crippen LogP contribution in [-0.2, 0) is 14.9 Å². The van der Waals surface area contributed by atoms with Crippen LogP contribution in [0.25, 0.3) is 0 Å². The molecule has 1 saturated carbocycles. The van der Waals surface area contributed by atoms with Crippen LogP contribution in [0.3, 0.4) is 0 Å². The average Bonchev–Trinajstić information content (AvgIpc) is 3.19. The number of aliphatic imine (C=N–C) groups is 1. The molecule has 0 unspecified atom stereocenters. The molecule has 0 radical (unpaired) electrons. The van der Waals surface area contributed by atoms with E-state index < -0.39 is 0 Å². The van der Waals surface area contributed by atoms with Crippen molar-refractivity contribution in [2.45, 2.75) is 43.9 Å². The molecule has 1 aliphatic carbocycles. The fourth-order valence-electron chi connectivity index (χ4n) is 4.49. The zero-order valence-electron chi connectivity index (χ0n) is 16.0. The van der Waals surface area contributed by atoms with Gasteiger partial charge >= 0.3 is 5.97 Å². The molecule has 1 saturated heterocycles. The second-order valence-corrected chi connectivity index (χ2v) is 7.54. The molecule has 5 heteroatoms. The van der Waals surface area contributed by atoms with Crippen LogP contribution in [0.2, 0.25) is 0 Å². The van der Waals surface area contributed by atoms with Crippen LogP contribution < -0.4 is 5.32 Å². The lowest BCUT2D eigenvalue weighted by atomic mass is 9.79. The van der Waals surface area contributed by atoms with Gasteiger partial charge in [0.25, 0.3) is 0 Å². The molecule has 1 heterocycles. The van der Waals surface area contributed by atoms with Gasteiger partial charge in [0.15, 0.2) is 5.96 Å². The minimum absolute atomic E-state index is 0.0276. The Kier molecular flexibility index (Phi) is 6.17. The summed E-state index contributed by atoms with van der Waals surface area (Å²) in [5, 5.41) is 3.64. The number of methoxy groups -OCH3 is 1. The number of nitrogens with one attached hydrogen (secondary N) is 1. The molecule has 0 bridgehead atoms. The number of carbonyl (C=O) groups is 1. The molecule has 2 aliphatic rings. The maximum atomic E-state index is 11.7. The van der Waals surface area contributed by atoms with Gasteiger partial charge < -0.3 is 15.0 Å². The average molecular weight is 357 g/mol. The van der Waals surface area contributed by atoms with Crippen molar-refractivity contribution in [3.05, 3.63) is 35.9 Å². The summed E-state index contributed by atoms with van der Waals surface area (Å²) in [7, 11) is 3.32. The first kappa shape index (κ1) is 18.7. The predicted molar refractivity (Wildman–Crippen MR) is 104 cm³/mol. The molecule has 3 rings (SSSR count). The largest absolute Gasteiger partial charge is 0.469 e. The molecule has 0 amide bonds. The molecule has 1 aromatic rings. The van der Waals surface area contributed by atoms with Crippen molar-refractivity contribution in [1.29, 1.82) is 0 Å². The van der Waals surface area contributed by atoms with Crippen molar-refractivity contribution in [2.24, 2.45) is 10.9 Å². The van der Waals surface area contributed by atoms with E-state index in [-0.39, 0.29) is 17.3 Å². The van der Waals surface area contributed by atoms with E-state index in [0.29, 0.717) is 0 Å². The molecule has 1 aromatic carbocycles. The van der Waals surface area contributed by atoms with E-state index in [4.69, 9.17) is 4.74 Å². The van der Waals surface area contributed by atoms with Gasteiger partial charge in [-0.25, -0.2) is 0 Å². The van der Waals surface area contributed by atoms with Crippen LogP contribution in [0.4, 0.5) is 0 Å². The lowest BCUT2D eigenvalue weighted by molar-refractivity contribution is -0.146. The molecule has 26 heavy (non-hydrogen) atoms. The minimum Gasteiger partial charge on any atom is -0.469 e. The van der Waals surface area contributed by atoms with Crippen molar-refractivity contribution >= 4 is 11.9 Å². The van der Waals surface area contributed by atoms with E-state index in [0.717, 1.165) is 38.4 Å². The number of piperidine rings is 1. The number of nitrogens with zero attached hydrogens (tertiary/aromatic N) is 2. The van der Waals surface area contributed by atoms with Crippen LogP contribution >= 0.6 is 0 Å². The first-order chi connectivity index (χ1) is 12.7. The topological polar surface area (TPSA) is 53.9 Å². The Hall–Kier alpha value is -2.04. The summed E-state index contributed by atoms with van der Waals surface area (Å²) in [5.41, 5.74) is 1.64. The quantitative estimate of drug-likeness (QED) is 0.511. The molecule has 1 aliphatic heterocycles. The Morgan fingerprint density at radius 3 is 2.46 bits per heavy atom. The van der Waals surface area contributed by atoms with Crippen LogP contribution in [0, 0.1) is 5.92 Å². The standard InChI is InChI=1S/C21H31N3O2/c1-22-20(24-14-10-17(11-15-24)19(25)26-2)23-16-21(12-6-7-13-21)18-8-4-3-5-9-18/h3-5,8-9,17H,6-7,10-16H2,1-2H3,(H,22,23). The number of benzene rings is 1. The third-order valence-electron chi connectivity index (χ3n) is 6.07. The lowest BCUT2D eigenvalue weighted by Crippen LogP contribution is -2.49. The fraction of sp³-hybridized carbons (Fsp3) is 0.619. The Morgan fingerprint density at radius 2 is 1.88 bits per heavy atom. The maximum Gasteiger partial charge on any atom is 0.308 e. The highest BCUT2D eigenvalue weighted by Crippen LogP contribution is 2.40. The van der Waals surface area contributed by atoms with Crippen LogP contribution in [0.5, 0.6) is 0 Å². The third-order valence-corrected chi connectivity index (χ3v) is 6.07. The summed E-state index contributed by atoms with van der Waals surface area (Å²) in [6.07, 6.45) is 6.70. The van der Waals surface area contributed by atoms with E-state index >= 15 is 0 Å². The molecule has 1 N–H and O–H groups in total. The number of carbonyl (C=O) groups excluding carboxylic acids is 1. The monoisotopic (exact) mass is 357 g/mol. The van der Waals surface area contributed by atoms with E-state index in [1.165, 1.54) is 38.4 Å². The normalized spacial score (nSPS) is 20.8. The minimum atomic E-state index is -0.0819. The van der Waals surface area contributed by atoms with Gasteiger partial charge in [0, 0.05) is 32.1 Å². The van der Waals surface area contributed by atoms with Crippen molar-refractivity contribution in [3.63, 3.8) is 0 Å². The highest BCUT2D eigenvalue weighted by atomic mass is 16.5. The van der Waals surface area contributed by atoms with Gasteiger partial charge in [0.1, 0.15) is 0 Å². The summed E-state index contributed by atoms with van der Waals surface area (Å²) in [4.78, 5) is 18.5. The second-order valence-electron chi connectivity index (χ2n) is 7.54. The van der Waals surface area contributed by atoms with Gasteiger partial charge in [-0.1, -0.05) is 43.2 Å². The number of likely N-dealkylation sites (tertiary alicyclic amines) is 1. The molecular weight excluding hydrogens is 326 g/mol. The first-order valence-corrected chi connectivity index (χ1v) is 9.77. The third kappa shape index (κ3) is 4.02. The zero-order valence-corrected chi connectivity index (χ0v) is 16.0. The summed E-state index contributed by atoms with van der Waals surface area (Å²) in [6.45, 7) is 2.61.